The first kappa shape index (κ1) is 14.8. The zero-order chi connectivity index (χ0) is 14.5. The van der Waals surface area contributed by atoms with Gasteiger partial charge in [0.1, 0.15) is 3.70 Å². The van der Waals surface area contributed by atoms with Crippen molar-refractivity contribution in [2.45, 2.75) is 13.8 Å². The molecule has 5 nitrogen and oxygen atoms in total. The molecule has 106 valence electrons. The molecular formula is C14H15IN2O3. The van der Waals surface area contributed by atoms with E-state index in [4.69, 9.17) is 9.47 Å². The van der Waals surface area contributed by atoms with Crippen molar-refractivity contribution >= 4 is 28.6 Å². The number of esters is 1. The second kappa shape index (κ2) is 6.74. The van der Waals surface area contributed by atoms with Gasteiger partial charge in [-0.05, 0) is 48.6 Å². The van der Waals surface area contributed by atoms with Crippen LogP contribution in [-0.2, 0) is 4.74 Å². The number of halogens is 1. The summed E-state index contributed by atoms with van der Waals surface area (Å²) in [6.45, 7) is 4.38. The van der Waals surface area contributed by atoms with Crippen LogP contribution in [0.3, 0.4) is 0 Å². The monoisotopic (exact) mass is 386 g/mol. The highest BCUT2D eigenvalue weighted by atomic mass is 127. The van der Waals surface area contributed by atoms with E-state index >= 15 is 0 Å². The number of carbonyl (C=O) groups is 1. The molecule has 0 radical (unpaired) electrons. The molecule has 2 rings (SSSR count). The average molecular weight is 386 g/mol. The number of benzene rings is 1. The average Bonchev–Trinajstić information content (AvgIpc) is 2.77. The summed E-state index contributed by atoms with van der Waals surface area (Å²) in [4.78, 5) is 12.0. The molecule has 0 aliphatic carbocycles. The first-order chi connectivity index (χ1) is 9.69. The van der Waals surface area contributed by atoms with E-state index in [1.807, 2.05) is 37.3 Å². The Hall–Kier alpha value is -1.57. The minimum atomic E-state index is -0.414. The maximum atomic E-state index is 12.0. The molecule has 0 saturated carbocycles. The number of hydrogen-bond acceptors (Lipinski definition) is 4. The molecule has 0 aliphatic heterocycles. The zero-order valence-electron chi connectivity index (χ0n) is 11.3. The minimum absolute atomic E-state index is 0.305. The third kappa shape index (κ3) is 2.95. The van der Waals surface area contributed by atoms with Crippen molar-refractivity contribution in [3.8, 4) is 11.6 Å². The van der Waals surface area contributed by atoms with Crippen LogP contribution in [0.4, 0.5) is 0 Å². The van der Waals surface area contributed by atoms with Crippen LogP contribution in [0.15, 0.2) is 30.3 Å². The maximum absolute atomic E-state index is 12.0. The standard InChI is InChI=1S/C14H15IN2O3/c1-3-19-13-11(14(18)20-4-2)12(15)17(16-13)10-8-6-5-7-9-10/h5-9H,3-4H2,1-2H3. The number of para-hydroxylation sites is 1. The molecule has 2 aromatic rings. The highest BCUT2D eigenvalue weighted by molar-refractivity contribution is 14.1. The fourth-order valence-corrected chi connectivity index (χ4v) is 2.57. The lowest BCUT2D eigenvalue weighted by Crippen LogP contribution is -2.08. The molecule has 0 bridgehead atoms. The Bertz CT molecular complexity index is 596. The normalized spacial score (nSPS) is 10.3. The predicted octanol–water partition coefficient (Wildman–Crippen LogP) is 3.05. The minimum Gasteiger partial charge on any atom is -0.476 e. The number of hydrogen-bond donors (Lipinski definition) is 0. The summed E-state index contributed by atoms with van der Waals surface area (Å²) in [6, 6.07) is 9.59. The molecule has 0 amide bonds. The SMILES string of the molecule is CCOC(=O)c1c(OCC)nn(-c2ccccc2)c1I. The fourth-order valence-electron chi connectivity index (χ4n) is 1.73. The number of aromatic nitrogens is 2. The van der Waals surface area contributed by atoms with Gasteiger partial charge in [-0.2, -0.15) is 0 Å². The quantitative estimate of drug-likeness (QED) is 0.586. The largest absolute Gasteiger partial charge is 0.476 e. The summed E-state index contributed by atoms with van der Waals surface area (Å²) in [6.07, 6.45) is 0. The smallest absolute Gasteiger partial charge is 0.346 e. The second-order valence-corrected chi connectivity index (χ2v) is 4.89. The highest BCUT2D eigenvalue weighted by Crippen LogP contribution is 2.27. The lowest BCUT2D eigenvalue weighted by Gasteiger charge is -2.03. The molecule has 1 aromatic carbocycles. The van der Waals surface area contributed by atoms with E-state index < -0.39 is 5.97 Å². The van der Waals surface area contributed by atoms with Crippen LogP contribution in [0.25, 0.3) is 5.69 Å². The Morgan fingerprint density at radius 2 is 1.95 bits per heavy atom. The Labute approximate surface area is 131 Å². The Morgan fingerprint density at radius 3 is 2.55 bits per heavy atom. The van der Waals surface area contributed by atoms with Gasteiger partial charge in [0, 0.05) is 0 Å². The lowest BCUT2D eigenvalue weighted by atomic mass is 10.3. The van der Waals surface area contributed by atoms with Crippen molar-refractivity contribution in [1.82, 2.24) is 9.78 Å². The molecule has 0 saturated heterocycles. The first-order valence-corrected chi connectivity index (χ1v) is 7.40. The van der Waals surface area contributed by atoms with Gasteiger partial charge in [0.15, 0.2) is 5.56 Å². The van der Waals surface area contributed by atoms with E-state index in [-0.39, 0.29) is 0 Å². The third-order valence-corrected chi connectivity index (χ3v) is 3.55. The van der Waals surface area contributed by atoms with Crippen LogP contribution in [0, 0.1) is 3.70 Å². The van der Waals surface area contributed by atoms with E-state index in [0.29, 0.717) is 28.4 Å². The van der Waals surface area contributed by atoms with Gasteiger partial charge in [0.25, 0.3) is 0 Å². The Morgan fingerprint density at radius 1 is 1.25 bits per heavy atom. The molecule has 0 unspecified atom stereocenters. The molecule has 6 heteroatoms. The molecule has 0 atom stereocenters. The molecule has 0 N–H and O–H groups in total. The van der Waals surface area contributed by atoms with Crippen molar-refractivity contribution in [1.29, 1.82) is 0 Å². The van der Waals surface area contributed by atoms with Crippen molar-refractivity contribution in [2.75, 3.05) is 13.2 Å². The van der Waals surface area contributed by atoms with Crippen LogP contribution in [0.2, 0.25) is 0 Å². The van der Waals surface area contributed by atoms with Crippen molar-refractivity contribution in [3.05, 3.63) is 39.6 Å². The van der Waals surface area contributed by atoms with E-state index in [2.05, 4.69) is 27.7 Å². The van der Waals surface area contributed by atoms with Gasteiger partial charge in [-0.3, -0.25) is 0 Å². The zero-order valence-corrected chi connectivity index (χ0v) is 13.5. The van der Waals surface area contributed by atoms with Crippen molar-refractivity contribution in [3.63, 3.8) is 0 Å². The molecule has 0 spiro atoms. The molecule has 0 aliphatic rings. The van der Waals surface area contributed by atoms with E-state index in [1.54, 1.807) is 11.6 Å². The van der Waals surface area contributed by atoms with Crippen LogP contribution in [-0.4, -0.2) is 29.0 Å². The molecule has 0 fully saturated rings. The lowest BCUT2D eigenvalue weighted by molar-refractivity contribution is 0.0520. The molecule has 1 aromatic heterocycles. The number of ether oxygens (including phenoxy) is 2. The Balaban J connectivity index is 2.50. The van der Waals surface area contributed by atoms with Crippen LogP contribution < -0.4 is 4.74 Å². The Kier molecular flexibility index (Phi) is 4.99. The van der Waals surface area contributed by atoms with Gasteiger partial charge in [0.2, 0.25) is 5.88 Å². The van der Waals surface area contributed by atoms with Crippen molar-refractivity contribution in [2.24, 2.45) is 0 Å². The van der Waals surface area contributed by atoms with Crippen LogP contribution >= 0.6 is 22.6 Å². The molecule has 1 heterocycles. The summed E-state index contributed by atoms with van der Waals surface area (Å²) in [5, 5.41) is 4.36. The first-order valence-electron chi connectivity index (χ1n) is 6.32. The van der Waals surface area contributed by atoms with E-state index in [0.717, 1.165) is 5.69 Å². The summed E-state index contributed by atoms with van der Waals surface area (Å²) < 4.78 is 12.9. The fraction of sp³-hybridized carbons (Fsp3) is 0.286. The predicted molar refractivity (Wildman–Crippen MR) is 83.4 cm³/mol. The van der Waals surface area contributed by atoms with Crippen LogP contribution in [0.1, 0.15) is 24.2 Å². The van der Waals surface area contributed by atoms with Gasteiger partial charge in [0.05, 0.1) is 18.9 Å². The van der Waals surface area contributed by atoms with Gasteiger partial charge in [-0.25, -0.2) is 9.48 Å². The number of nitrogens with zero attached hydrogens (tertiary/aromatic N) is 2. The van der Waals surface area contributed by atoms with Gasteiger partial charge in [-0.1, -0.05) is 18.2 Å². The van der Waals surface area contributed by atoms with Crippen molar-refractivity contribution < 1.29 is 14.3 Å². The second-order valence-electron chi connectivity index (χ2n) is 3.87. The molecular weight excluding hydrogens is 371 g/mol. The topological polar surface area (TPSA) is 53.4 Å². The maximum Gasteiger partial charge on any atom is 0.346 e. The third-order valence-electron chi connectivity index (χ3n) is 2.56. The van der Waals surface area contributed by atoms with Gasteiger partial charge < -0.3 is 9.47 Å². The summed E-state index contributed by atoms with van der Waals surface area (Å²) in [5.74, 6) is -0.110. The van der Waals surface area contributed by atoms with E-state index in [9.17, 15) is 4.79 Å². The van der Waals surface area contributed by atoms with E-state index in [1.165, 1.54) is 0 Å². The summed E-state index contributed by atoms with van der Waals surface area (Å²) >= 11 is 2.08. The van der Waals surface area contributed by atoms with Gasteiger partial charge in [-0.15, -0.1) is 5.10 Å². The van der Waals surface area contributed by atoms with Crippen LogP contribution in [0.5, 0.6) is 5.88 Å². The highest BCUT2D eigenvalue weighted by Gasteiger charge is 2.25. The summed E-state index contributed by atoms with van der Waals surface area (Å²) in [7, 11) is 0. The molecule has 20 heavy (non-hydrogen) atoms. The van der Waals surface area contributed by atoms with Gasteiger partial charge >= 0.3 is 5.97 Å². The summed E-state index contributed by atoms with van der Waals surface area (Å²) in [5.41, 5.74) is 1.24. The number of rotatable bonds is 5. The number of carbonyl (C=O) groups excluding carboxylic acids is 1.